The number of carbonyl (C=O) groups is 1. The SMILES string of the molecule is Cc1cccc(C)c1CNOC(=O)c1ccc2nc(C)c(C)n2c1. The molecule has 0 unspecified atom stereocenters. The fourth-order valence-corrected chi connectivity index (χ4v) is 2.76. The zero-order valence-electron chi connectivity index (χ0n) is 14.4. The van der Waals surface area contributed by atoms with E-state index in [1.54, 1.807) is 12.3 Å². The van der Waals surface area contributed by atoms with Gasteiger partial charge in [-0.2, -0.15) is 0 Å². The van der Waals surface area contributed by atoms with Crippen molar-refractivity contribution in [2.24, 2.45) is 0 Å². The van der Waals surface area contributed by atoms with E-state index < -0.39 is 5.97 Å². The Morgan fingerprint density at radius 3 is 2.54 bits per heavy atom. The molecule has 0 spiro atoms. The number of nitrogens with one attached hydrogen (secondary N) is 1. The summed E-state index contributed by atoms with van der Waals surface area (Å²) >= 11 is 0. The molecule has 0 amide bonds. The minimum atomic E-state index is -0.408. The summed E-state index contributed by atoms with van der Waals surface area (Å²) in [6, 6.07) is 9.66. The van der Waals surface area contributed by atoms with Gasteiger partial charge in [-0.25, -0.2) is 9.78 Å². The molecule has 1 aromatic carbocycles. The Labute approximate surface area is 141 Å². The van der Waals surface area contributed by atoms with E-state index in [2.05, 4.69) is 10.5 Å². The predicted octanol–water partition coefficient (Wildman–Crippen LogP) is 3.43. The van der Waals surface area contributed by atoms with Gasteiger partial charge in [0.25, 0.3) is 0 Å². The predicted molar refractivity (Wildman–Crippen MR) is 92.8 cm³/mol. The minimum absolute atomic E-state index is 0.408. The molecule has 5 nitrogen and oxygen atoms in total. The van der Waals surface area contributed by atoms with Gasteiger partial charge in [0, 0.05) is 11.9 Å². The number of imidazole rings is 1. The summed E-state index contributed by atoms with van der Waals surface area (Å²) in [4.78, 5) is 21.9. The quantitative estimate of drug-likeness (QED) is 0.747. The largest absolute Gasteiger partial charge is 0.366 e. The van der Waals surface area contributed by atoms with Gasteiger partial charge < -0.3 is 9.24 Å². The van der Waals surface area contributed by atoms with Crippen LogP contribution in [0.4, 0.5) is 0 Å². The average Bonchev–Trinajstić information content (AvgIpc) is 2.84. The van der Waals surface area contributed by atoms with E-state index in [4.69, 9.17) is 4.84 Å². The topological polar surface area (TPSA) is 55.6 Å². The Morgan fingerprint density at radius 1 is 1.12 bits per heavy atom. The molecular formula is C19H21N3O2. The highest BCUT2D eigenvalue weighted by atomic mass is 16.7. The first kappa shape index (κ1) is 16.2. The first-order valence-corrected chi connectivity index (χ1v) is 7.92. The van der Waals surface area contributed by atoms with Crippen LogP contribution in [0.15, 0.2) is 36.5 Å². The van der Waals surface area contributed by atoms with Crippen LogP contribution >= 0.6 is 0 Å². The summed E-state index contributed by atoms with van der Waals surface area (Å²) < 4.78 is 1.90. The van der Waals surface area contributed by atoms with Gasteiger partial charge in [-0.15, -0.1) is 5.48 Å². The van der Waals surface area contributed by atoms with Crippen molar-refractivity contribution in [3.63, 3.8) is 0 Å². The maximum Gasteiger partial charge on any atom is 0.358 e. The minimum Gasteiger partial charge on any atom is -0.366 e. The number of aromatic nitrogens is 2. The van der Waals surface area contributed by atoms with Crippen LogP contribution in [0, 0.1) is 27.7 Å². The summed E-state index contributed by atoms with van der Waals surface area (Å²) in [5.41, 5.74) is 9.53. The molecule has 0 bridgehead atoms. The highest BCUT2D eigenvalue weighted by molar-refractivity contribution is 5.89. The second-order valence-electron chi connectivity index (χ2n) is 6.01. The van der Waals surface area contributed by atoms with Crippen molar-refractivity contribution >= 4 is 11.6 Å². The van der Waals surface area contributed by atoms with Crippen molar-refractivity contribution in [3.05, 3.63) is 70.2 Å². The number of fused-ring (bicyclic) bond motifs is 1. The number of hydroxylamine groups is 1. The lowest BCUT2D eigenvalue weighted by atomic mass is 10.0. The zero-order valence-corrected chi connectivity index (χ0v) is 14.4. The summed E-state index contributed by atoms with van der Waals surface area (Å²) in [6.07, 6.45) is 1.76. The van der Waals surface area contributed by atoms with Gasteiger partial charge in [-0.05, 0) is 56.5 Å². The molecule has 3 aromatic rings. The summed E-state index contributed by atoms with van der Waals surface area (Å²) in [5.74, 6) is -0.408. The van der Waals surface area contributed by atoms with Gasteiger partial charge in [0.05, 0.1) is 17.8 Å². The Morgan fingerprint density at radius 2 is 1.83 bits per heavy atom. The average molecular weight is 323 g/mol. The molecule has 0 fully saturated rings. The first-order valence-electron chi connectivity index (χ1n) is 7.92. The number of pyridine rings is 1. The van der Waals surface area contributed by atoms with Gasteiger partial charge in [0.2, 0.25) is 0 Å². The van der Waals surface area contributed by atoms with E-state index in [1.165, 1.54) is 11.1 Å². The molecule has 2 heterocycles. The van der Waals surface area contributed by atoms with E-state index in [1.807, 2.05) is 56.4 Å². The third-order valence-electron chi connectivity index (χ3n) is 4.39. The smallest absolute Gasteiger partial charge is 0.358 e. The molecular weight excluding hydrogens is 302 g/mol. The van der Waals surface area contributed by atoms with Gasteiger partial charge >= 0.3 is 5.97 Å². The number of benzene rings is 1. The van der Waals surface area contributed by atoms with Crippen LogP contribution < -0.4 is 5.48 Å². The normalized spacial score (nSPS) is 11.0. The number of hydrogen-bond donors (Lipinski definition) is 1. The second kappa shape index (κ2) is 6.45. The molecule has 0 atom stereocenters. The fraction of sp³-hybridized carbons (Fsp3) is 0.263. The maximum atomic E-state index is 12.2. The van der Waals surface area contributed by atoms with Gasteiger partial charge in [-0.1, -0.05) is 18.2 Å². The molecule has 0 aliphatic carbocycles. The van der Waals surface area contributed by atoms with E-state index in [-0.39, 0.29) is 0 Å². The standard InChI is InChI=1S/C19H21N3O2/c1-12-6-5-7-13(2)17(12)10-20-24-19(23)16-8-9-18-21-14(3)15(4)22(18)11-16/h5-9,11,20H,10H2,1-4H3. The van der Waals surface area contributed by atoms with Crippen LogP contribution in [0.25, 0.3) is 5.65 Å². The van der Waals surface area contributed by atoms with Gasteiger partial charge in [0.1, 0.15) is 5.65 Å². The van der Waals surface area contributed by atoms with Crippen LogP contribution in [-0.4, -0.2) is 15.4 Å². The maximum absolute atomic E-state index is 12.2. The molecule has 0 radical (unpaired) electrons. The molecule has 2 aromatic heterocycles. The zero-order chi connectivity index (χ0) is 17.3. The lowest BCUT2D eigenvalue weighted by Gasteiger charge is -2.11. The molecule has 24 heavy (non-hydrogen) atoms. The van der Waals surface area contributed by atoms with Crippen molar-refractivity contribution in [3.8, 4) is 0 Å². The molecule has 0 saturated heterocycles. The first-order chi connectivity index (χ1) is 11.5. The second-order valence-corrected chi connectivity index (χ2v) is 6.01. The lowest BCUT2D eigenvalue weighted by Crippen LogP contribution is -2.21. The highest BCUT2D eigenvalue weighted by Crippen LogP contribution is 2.14. The molecule has 1 N–H and O–H groups in total. The molecule has 5 heteroatoms. The Balaban J connectivity index is 1.70. The summed E-state index contributed by atoms with van der Waals surface area (Å²) in [6.45, 7) is 8.50. The van der Waals surface area contributed by atoms with Gasteiger partial charge in [0.15, 0.2) is 0 Å². The van der Waals surface area contributed by atoms with E-state index in [0.717, 1.165) is 22.6 Å². The Hall–Kier alpha value is -2.66. The Kier molecular flexibility index (Phi) is 4.36. The number of hydrogen-bond acceptors (Lipinski definition) is 4. The van der Waals surface area contributed by atoms with Crippen molar-refractivity contribution < 1.29 is 9.63 Å². The fourth-order valence-electron chi connectivity index (χ4n) is 2.76. The third kappa shape index (κ3) is 3.03. The van der Waals surface area contributed by atoms with Crippen molar-refractivity contribution in [1.82, 2.24) is 14.9 Å². The van der Waals surface area contributed by atoms with E-state index in [9.17, 15) is 4.79 Å². The number of rotatable bonds is 4. The molecule has 3 rings (SSSR count). The van der Waals surface area contributed by atoms with Crippen LogP contribution in [-0.2, 0) is 11.4 Å². The van der Waals surface area contributed by atoms with E-state index >= 15 is 0 Å². The molecule has 0 aliphatic heterocycles. The monoisotopic (exact) mass is 323 g/mol. The van der Waals surface area contributed by atoms with Crippen molar-refractivity contribution in [2.75, 3.05) is 0 Å². The molecule has 124 valence electrons. The lowest BCUT2D eigenvalue weighted by molar-refractivity contribution is 0.0236. The summed E-state index contributed by atoms with van der Waals surface area (Å²) in [7, 11) is 0. The van der Waals surface area contributed by atoms with Crippen LogP contribution in [0.1, 0.15) is 38.4 Å². The molecule has 0 aliphatic rings. The number of carbonyl (C=O) groups excluding carboxylic acids is 1. The van der Waals surface area contributed by atoms with Crippen LogP contribution in [0.3, 0.4) is 0 Å². The number of aryl methyl sites for hydroxylation is 4. The van der Waals surface area contributed by atoms with E-state index in [0.29, 0.717) is 12.1 Å². The Bertz CT molecular complexity index is 892. The summed E-state index contributed by atoms with van der Waals surface area (Å²) in [5, 5.41) is 0. The third-order valence-corrected chi connectivity index (χ3v) is 4.39. The van der Waals surface area contributed by atoms with Crippen molar-refractivity contribution in [1.29, 1.82) is 0 Å². The molecule has 0 saturated carbocycles. The highest BCUT2D eigenvalue weighted by Gasteiger charge is 2.12. The van der Waals surface area contributed by atoms with Gasteiger partial charge in [-0.3, -0.25) is 0 Å². The number of nitrogens with zero attached hydrogens (tertiary/aromatic N) is 2. The van der Waals surface area contributed by atoms with Crippen LogP contribution in [0.5, 0.6) is 0 Å². The van der Waals surface area contributed by atoms with Crippen LogP contribution in [0.2, 0.25) is 0 Å². The van der Waals surface area contributed by atoms with Crippen molar-refractivity contribution in [2.45, 2.75) is 34.2 Å².